The molecule has 1 aliphatic carbocycles. The SMILES string of the molecule is Cn1ccnc1CNC(=O)C1=NC2=CC=C(Cl)C(=S=O)C2=C1c1ccccc1. The number of halogens is 1. The van der Waals surface area contributed by atoms with E-state index in [0.29, 0.717) is 38.0 Å². The number of fused-ring (bicyclic) bond motifs is 1. The Hall–Kier alpha value is -3.03. The summed E-state index contributed by atoms with van der Waals surface area (Å²) in [5.74, 6) is 0.389. The fraction of sp³-hybridized carbons (Fsp3) is 0.100. The van der Waals surface area contributed by atoms with Crippen molar-refractivity contribution in [2.24, 2.45) is 12.0 Å². The second-order valence-corrected chi connectivity index (χ2v) is 7.17. The summed E-state index contributed by atoms with van der Waals surface area (Å²) in [6.45, 7) is 0.268. The number of carbonyl (C=O) groups is 1. The highest BCUT2D eigenvalue weighted by Crippen LogP contribution is 2.37. The predicted molar refractivity (Wildman–Crippen MR) is 111 cm³/mol. The van der Waals surface area contributed by atoms with Crippen molar-refractivity contribution in [3.8, 4) is 0 Å². The van der Waals surface area contributed by atoms with E-state index in [1.165, 1.54) is 0 Å². The number of allylic oxidation sites excluding steroid dienone is 4. The molecule has 1 aromatic heterocycles. The van der Waals surface area contributed by atoms with E-state index in [1.807, 2.05) is 48.1 Å². The number of hydrogen-bond donors (Lipinski definition) is 1. The van der Waals surface area contributed by atoms with Crippen LogP contribution in [0.1, 0.15) is 11.4 Å². The Morgan fingerprint density at radius 3 is 2.68 bits per heavy atom. The van der Waals surface area contributed by atoms with Gasteiger partial charge in [0.15, 0.2) is 0 Å². The molecule has 140 valence electrons. The summed E-state index contributed by atoms with van der Waals surface area (Å²) in [6.07, 6.45) is 6.83. The van der Waals surface area contributed by atoms with Crippen LogP contribution in [0.5, 0.6) is 0 Å². The van der Waals surface area contributed by atoms with Crippen LogP contribution in [0.25, 0.3) is 5.57 Å². The minimum absolute atomic E-state index is 0.257. The largest absolute Gasteiger partial charge is 0.343 e. The lowest BCUT2D eigenvalue weighted by molar-refractivity contribution is -0.114. The third-order valence-corrected chi connectivity index (χ3v) is 5.51. The molecule has 0 fully saturated rings. The molecule has 8 heteroatoms. The highest BCUT2D eigenvalue weighted by atomic mass is 35.5. The smallest absolute Gasteiger partial charge is 0.270 e. The summed E-state index contributed by atoms with van der Waals surface area (Å²) < 4.78 is 13.6. The first-order chi connectivity index (χ1) is 13.6. The van der Waals surface area contributed by atoms with Crippen molar-refractivity contribution in [2.75, 3.05) is 0 Å². The summed E-state index contributed by atoms with van der Waals surface area (Å²) >= 11 is 6.54. The molecule has 0 saturated heterocycles. The minimum atomic E-state index is -0.337. The predicted octanol–water partition coefficient (Wildman–Crippen LogP) is 2.35. The van der Waals surface area contributed by atoms with E-state index in [0.717, 1.165) is 11.4 Å². The summed E-state index contributed by atoms with van der Waals surface area (Å²) in [5.41, 5.74) is 2.82. The van der Waals surface area contributed by atoms with Crippen molar-refractivity contribution >= 4 is 44.9 Å². The van der Waals surface area contributed by atoms with Crippen LogP contribution in [0.15, 0.2) is 76.2 Å². The topological polar surface area (TPSA) is 76.3 Å². The van der Waals surface area contributed by atoms with Gasteiger partial charge in [0, 0.05) is 30.6 Å². The van der Waals surface area contributed by atoms with Crippen molar-refractivity contribution in [1.82, 2.24) is 14.9 Å². The molecule has 1 aliphatic heterocycles. The Morgan fingerprint density at radius 1 is 1.21 bits per heavy atom. The maximum atomic E-state index is 13.0. The van der Waals surface area contributed by atoms with Gasteiger partial charge in [-0.25, -0.2) is 14.2 Å². The van der Waals surface area contributed by atoms with E-state index in [2.05, 4.69) is 15.3 Å². The minimum Gasteiger partial charge on any atom is -0.343 e. The molecule has 6 nitrogen and oxygen atoms in total. The maximum absolute atomic E-state index is 13.0. The van der Waals surface area contributed by atoms with Crippen LogP contribution in [-0.2, 0) is 29.6 Å². The van der Waals surface area contributed by atoms with Crippen molar-refractivity contribution < 1.29 is 9.00 Å². The molecule has 0 spiro atoms. The number of aliphatic imine (C=N–C) groups is 1. The van der Waals surface area contributed by atoms with Crippen LogP contribution in [0.4, 0.5) is 0 Å². The zero-order valence-corrected chi connectivity index (χ0v) is 16.4. The van der Waals surface area contributed by atoms with E-state index in [-0.39, 0.29) is 18.2 Å². The summed E-state index contributed by atoms with van der Waals surface area (Å²) in [4.78, 5) is 22.1. The molecule has 1 amide bonds. The lowest BCUT2D eigenvalue weighted by Crippen LogP contribution is -2.31. The Labute approximate surface area is 170 Å². The van der Waals surface area contributed by atoms with Gasteiger partial charge in [-0.05, 0) is 17.7 Å². The Bertz CT molecular complexity index is 1150. The van der Waals surface area contributed by atoms with Crippen molar-refractivity contribution in [1.29, 1.82) is 0 Å². The second kappa shape index (κ2) is 7.53. The highest BCUT2D eigenvalue weighted by molar-refractivity contribution is 7.68. The van der Waals surface area contributed by atoms with Crippen LogP contribution < -0.4 is 5.32 Å². The van der Waals surface area contributed by atoms with Gasteiger partial charge in [0.1, 0.15) is 11.5 Å². The molecule has 2 heterocycles. The van der Waals surface area contributed by atoms with Gasteiger partial charge in [0.2, 0.25) is 0 Å². The molecule has 1 N–H and O–H groups in total. The van der Waals surface area contributed by atoms with Gasteiger partial charge in [0.25, 0.3) is 5.91 Å². The lowest BCUT2D eigenvalue weighted by Gasteiger charge is -2.13. The first-order valence-corrected chi connectivity index (χ1v) is 9.60. The maximum Gasteiger partial charge on any atom is 0.270 e. The van der Waals surface area contributed by atoms with E-state index in [1.54, 1.807) is 18.3 Å². The molecule has 0 bridgehead atoms. The Balaban J connectivity index is 1.76. The number of hydrogen-bond acceptors (Lipinski definition) is 4. The molecule has 28 heavy (non-hydrogen) atoms. The van der Waals surface area contributed by atoms with Crippen molar-refractivity contribution in [3.63, 3.8) is 0 Å². The Morgan fingerprint density at radius 2 is 2.00 bits per heavy atom. The van der Waals surface area contributed by atoms with Gasteiger partial charge in [0.05, 0.1) is 33.4 Å². The quantitative estimate of drug-likeness (QED) is 0.786. The van der Waals surface area contributed by atoms with Gasteiger partial charge in [-0.3, -0.25) is 4.79 Å². The number of carbonyl (C=O) groups excluding carboxylic acids is 1. The Kier molecular flexibility index (Phi) is 4.93. The molecule has 2 aliphatic rings. The molecule has 2 aromatic rings. The summed E-state index contributed by atoms with van der Waals surface area (Å²) in [7, 11) is 1.86. The molecule has 1 aromatic carbocycles. The van der Waals surface area contributed by atoms with Crippen LogP contribution in [0, 0.1) is 0 Å². The number of amides is 1. The zero-order chi connectivity index (χ0) is 19.7. The molecule has 0 unspecified atom stereocenters. The molecule has 0 saturated carbocycles. The average Bonchev–Trinajstić information content (AvgIpc) is 3.30. The third kappa shape index (κ3) is 3.19. The van der Waals surface area contributed by atoms with E-state index < -0.39 is 0 Å². The van der Waals surface area contributed by atoms with Gasteiger partial charge >= 0.3 is 0 Å². The molecule has 4 rings (SSSR count). The zero-order valence-electron chi connectivity index (χ0n) is 14.8. The first kappa shape index (κ1) is 18.3. The van der Waals surface area contributed by atoms with E-state index in [4.69, 9.17) is 11.6 Å². The monoisotopic (exact) mass is 410 g/mol. The first-order valence-electron chi connectivity index (χ1n) is 8.48. The van der Waals surface area contributed by atoms with Crippen molar-refractivity contribution in [3.05, 3.63) is 82.6 Å². The second-order valence-electron chi connectivity index (χ2n) is 6.19. The lowest BCUT2D eigenvalue weighted by atomic mass is 9.92. The molecule has 0 radical (unpaired) electrons. The van der Waals surface area contributed by atoms with Crippen LogP contribution in [0.2, 0.25) is 0 Å². The number of aryl methyl sites for hydroxylation is 1. The van der Waals surface area contributed by atoms with E-state index >= 15 is 0 Å². The average molecular weight is 411 g/mol. The van der Waals surface area contributed by atoms with Gasteiger partial charge < -0.3 is 9.88 Å². The summed E-state index contributed by atoms with van der Waals surface area (Å²) in [6, 6.07) is 9.40. The summed E-state index contributed by atoms with van der Waals surface area (Å²) in [5, 5.41) is 3.21. The fourth-order valence-corrected chi connectivity index (χ4v) is 3.81. The van der Waals surface area contributed by atoms with Crippen LogP contribution >= 0.6 is 11.6 Å². The molecular weight excluding hydrogens is 396 g/mol. The standard InChI is InChI=1S/C20H15ClN4O2S/c1-25-10-9-22-15(25)11-23-20(26)18-16(12-5-3-2-4-6-12)17-14(24-18)8-7-13(21)19(17)28-27/h2-10H,11H2,1H3,(H,23,26). The number of benzene rings is 1. The van der Waals surface area contributed by atoms with Crippen LogP contribution in [0.3, 0.4) is 0 Å². The fourth-order valence-electron chi connectivity index (χ4n) is 3.12. The van der Waals surface area contributed by atoms with Gasteiger partial charge in [-0.15, -0.1) is 0 Å². The van der Waals surface area contributed by atoms with Crippen LogP contribution in [-0.4, -0.2) is 30.2 Å². The third-order valence-electron chi connectivity index (χ3n) is 4.50. The van der Waals surface area contributed by atoms with Gasteiger partial charge in [-0.2, -0.15) is 0 Å². The number of nitrogens with one attached hydrogen (secondary N) is 1. The normalized spacial score (nSPS) is 15.6. The molecule has 0 atom stereocenters. The highest BCUT2D eigenvalue weighted by Gasteiger charge is 2.34. The number of aromatic nitrogens is 2. The number of nitrogens with zero attached hydrogens (tertiary/aromatic N) is 3. The molecular formula is C20H15ClN4O2S. The number of imidazole rings is 1. The van der Waals surface area contributed by atoms with Gasteiger partial charge in [-0.1, -0.05) is 41.9 Å². The number of rotatable bonds is 4. The van der Waals surface area contributed by atoms with Crippen molar-refractivity contribution in [2.45, 2.75) is 6.54 Å². The van der Waals surface area contributed by atoms with E-state index in [9.17, 15) is 9.00 Å².